The van der Waals surface area contributed by atoms with E-state index in [1.807, 2.05) is 0 Å². The average Bonchev–Trinajstić information content (AvgIpc) is 1.00. The SMILES string of the molecule is [H-].[H-].[Na+].[Na+].[O]=[V].[V]. The number of rotatable bonds is 0. The minimum atomic E-state index is 0. The van der Waals surface area contributed by atoms with E-state index in [0.717, 1.165) is 17.4 Å². The molecule has 0 heterocycles. The van der Waals surface area contributed by atoms with Crippen molar-refractivity contribution in [3.8, 4) is 0 Å². The Kier molecular flexibility index (Phi) is 138. The van der Waals surface area contributed by atoms with Gasteiger partial charge in [0.05, 0.1) is 0 Å². The van der Waals surface area contributed by atoms with Crippen molar-refractivity contribution in [1.29, 1.82) is 0 Å². The molecule has 0 aliphatic rings. The quantitative estimate of drug-likeness (QED) is 0.327. The van der Waals surface area contributed by atoms with Crippen LogP contribution in [0, 0.1) is 0 Å². The molecule has 0 atom stereocenters. The molecular formula is H2Na2OV2. The molecule has 0 N–H and O–H groups in total. The third-order valence-corrected chi connectivity index (χ3v) is 0. The van der Waals surface area contributed by atoms with Gasteiger partial charge in [-0.15, -0.1) is 0 Å². The Labute approximate surface area is 99.7 Å². The summed E-state index contributed by atoms with van der Waals surface area (Å²) in [5, 5.41) is 0. The first kappa shape index (κ1) is 24.6. The van der Waals surface area contributed by atoms with E-state index in [2.05, 4.69) is 0 Å². The van der Waals surface area contributed by atoms with Gasteiger partial charge in [-0.1, -0.05) is 0 Å². The third kappa shape index (κ3) is 19.5. The van der Waals surface area contributed by atoms with Crippen LogP contribution in [0.2, 0.25) is 0 Å². The third-order valence-electron chi connectivity index (χ3n) is 0. The molecule has 20 valence electrons. The molecule has 1 radical (unpaired) electrons. The molecule has 0 fully saturated rings. The second kappa shape index (κ2) is 28.2. The maximum atomic E-state index is 8.19. The summed E-state index contributed by atoms with van der Waals surface area (Å²) in [5.74, 6) is 0. The Balaban J connectivity index is -0.000000000500. The summed E-state index contributed by atoms with van der Waals surface area (Å²) in [6.45, 7) is 0. The van der Waals surface area contributed by atoms with Crippen LogP contribution in [0.4, 0.5) is 0 Å². The van der Waals surface area contributed by atoms with Gasteiger partial charge in [-0.3, -0.25) is 0 Å². The van der Waals surface area contributed by atoms with Crippen LogP contribution in [-0.2, 0) is 39.6 Å². The van der Waals surface area contributed by atoms with E-state index >= 15 is 0 Å². The number of hydrogen-bond donors (Lipinski definition) is 0. The average molecular weight is 166 g/mol. The van der Waals surface area contributed by atoms with Crippen LogP contribution < -0.4 is 59.1 Å². The molecule has 1 nitrogen and oxygen atoms in total. The fourth-order valence-corrected chi connectivity index (χ4v) is 0. The van der Waals surface area contributed by atoms with Gasteiger partial charge in [-0.25, -0.2) is 0 Å². The Morgan fingerprint density at radius 3 is 1.20 bits per heavy atom. The molecule has 0 aromatic carbocycles. The maximum Gasteiger partial charge on any atom is 0 e. The molecule has 0 aromatic rings. The van der Waals surface area contributed by atoms with E-state index in [1.165, 1.54) is 0 Å². The van der Waals surface area contributed by atoms with Gasteiger partial charge in [0.1, 0.15) is 0 Å². The molecule has 0 aliphatic heterocycles. The zero-order chi connectivity index (χ0) is 2.00. The second-order valence-electron chi connectivity index (χ2n) is 0. The van der Waals surface area contributed by atoms with Crippen LogP contribution in [0.3, 0.4) is 0 Å². The van der Waals surface area contributed by atoms with Crippen LogP contribution in [0.1, 0.15) is 2.85 Å². The topological polar surface area (TPSA) is 17.1 Å². The molecule has 0 aromatic heterocycles. The van der Waals surface area contributed by atoms with Crippen molar-refractivity contribution in [3.63, 3.8) is 0 Å². The van der Waals surface area contributed by atoms with E-state index in [-0.39, 0.29) is 80.5 Å². The summed E-state index contributed by atoms with van der Waals surface area (Å²) in [4.78, 5) is 0. The Bertz CT molecular complexity index is 13.7. The summed E-state index contributed by atoms with van der Waals surface area (Å²) in [7, 11) is 0. The van der Waals surface area contributed by atoms with Gasteiger partial charge in [0.15, 0.2) is 0 Å². The zero-order valence-corrected chi connectivity index (χ0v) is 10.1. The smallest absolute Gasteiger partial charge is 0 e. The predicted molar refractivity (Wildman–Crippen MR) is 2.91 cm³/mol. The Morgan fingerprint density at radius 2 is 1.20 bits per heavy atom. The monoisotopic (exact) mass is 166 g/mol. The molecule has 0 unspecified atom stereocenters. The van der Waals surface area contributed by atoms with Crippen molar-refractivity contribution >= 4 is 0 Å². The fraction of sp³-hybridized carbons (Fsp3) is 0. The molecule has 0 spiro atoms. The summed E-state index contributed by atoms with van der Waals surface area (Å²) < 4.78 is 8.19. The first-order valence-corrected chi connectivity index (χ1v) is 0.753. The Morgan fingerprint density at radius 1 is 1.20 bits per heavy atom. The molecule has 5 heteroatoms. The normalized spacial score (nSPS) is 0.600. The molecule has 0 saturated carbocycles. The van der Waals surface area contributed by atoms with Crippen LogP contribution in [0.25, 0.3) is 0 Å². The largest absolute Gasteiger partial charge is 0 e. The molecule has 0 saturated heterocycles. The van der Waals surface area contributed by atoms with Crippen molar-refractivity contribution in [2.75, 3.05) is 0 Å². The van der Waals surface area contributed by atoms with Crippen LogP contribution in [0.5, 0.6) is 0 Å². The van der Waals surface area contributed by atoms with Gasteiger partial charge >= 0.3 is 80.2 Å². The first-order chi connectivity index (χ1) is 1.00. The van der Waals surface area contributed by atoms with Crippen molar-refractivity contribution in [3.05, 3.63) is 0 Å². The van der Waals surface area contributed by atoms with Crippen molar-refractivity contribution < 1.29 is 102 Å². The molecule has 5 heavy (non-hydrogen) atoms. The van der Waals surface area contributed by atoms with E-state index < -0.39 is 0 Å². The van der Waals surface area contributed by atoms with Crippen LogP contribution >= 0.6 is 0 Å². The summed E-state index contributed by atoms with van der Waals surface area (Å²) in [5.41, 5.74) is 0. The fourth-order valence-electron chi connectivity index (χ4n) is 0. The van der Waals surface area contributed by atoms with Gasteiger partial charge in [-0.2, -0.15) is 0 Å². The van der Waals surface area contributed by atoms with E-state index in [1.54, 1.807) is 0 Å². The van der Waals surface area contributed by atoms with Gasteiger partial charge in [-0.05, 0) is 0 Å². The summed E-state index contributed by atoms with van der Waals surface area (Å²) >= 11 is 1.06. The second-order valence-corrected chi connectivity index (χ2v) is 0. The van der Waals surface area contributed by atoms with Gasteiger partial charge in [0.25, 0.3) is 0 Å². The zero-order valence-electron chi connectivity index (χ0n) is 5.30. The minimum absolute atomic E-state index is 0. The molecule has 0 amide bonds. The summed E-state index contributed by atoms with van der Waals surface area (Å²) in [6.07, 6.45) is 0. The van der Waals surface area contributed by atoms with Crippen molar-refractivity contribution in [1.82, 2.24) is 0 Å². The molecule has 0 aliphatic carbocycles. The van der Waals surface area contributed by atoms with E-state index in [4.69, 9.17) is 3.67 Å². The van der Waals surface area contributed by atoms with Crippen LogP contribution in [0.15, 0.2) is 0 Å². The van der Waals surface area contributed by atoms with Gasteiger partial charge < -0.3 is 2.85 Å². The predicted octanol–water partition coefficient (Wildman–Crippen LogP) is -5.89. The van der Waals surface area contributed by atoms with Crippen molar-refractivity contribution in [2.24, 2.45) is 0 Å². The Hall–Kier alpha value is 2.97. The maximum absolute atomic E-state index is 8.19. The molecule has 0 bridgehead atoms. The van der Waals surface area contributed by atoms with Gasteiger partial charge in [0, 0.05) is 18.6 Å². The van der Waals surface area contributed by atoms with Gasteiger partial charge in [0.2, 0.25) is 0 Å². The van der Waals surface area contributed by atoms with Crippen molar-refractivity contribution in [2.45, 2.75) is 0 Å². The van der Waals surface area contributed by atoms with Crippen LogP contribution in [-0.4, -0.2) is 0 Å². The number of hydrogen-bond acceptors (Lipinski definition) is 1. The standard InChI is InChI=1S/2Na.O.2V.2H/q2*+1;;;;2*-1. The minimum Gasteiger partial charge on any atom is 0 e. The van der Waals surface area contributed by atoms with E-state index in [9.17, 15) is 0 Å². The first-order valence-electron chi connectivity index (χ1n) is 0.183. The van der Waals surface area contributed by atoms with E-state index in [0.29, 0.717) is 0 Å². The summed E-state index contributed by atoms with van der Waals surface area (Å²) in [6, 6.07) is 0. The molecule has 0 rings (SSSR count). The molecular weight excluding hydrogens is 164 g/mol.